The molecule has 0 aromatic rings. The van der Waals surface area contributed by atoms with Crippen LogP contribution < -0.4 is 10.6 Å². The summed E-state index contributed by atoms with van der Waals surface area (Å²) in [6.45, 7) is 8.68. The van der Waals surface area contributed by atoms with Crippen LogP contribution in [0.1, 0.15) is 52.9 Å². The SMILES string of the molecule is CCCCCC/C=C/C1NC=C[N+]1(CC)CCNC(C)=O. The van der Waals surface area contributed by atoms with E-state index in [1.165, 1.54) is 25.7 Å². The minimum absolute atomic E-state index is 0.0448. The van der Waals surface area contributed by atoms with Crippen molar-refractivity contribution in [1.29, 1.82) is 0 Å². The van der Waals surface area contributed by atoms with Crippen molar-refractivity contribution in [3.63, 3.8) is 0 Å². The van der Waals surface area contributed by atoms with E-state index >= 15 is 0 Å². The van der Waals surface area contributed by atoms with Crippen LogP contribution >= 0.6 is 0 Å². The second-order valence-electron chi connectivity index (χ2n) is 5.83. The molecule has 1 amide bonds. The number of nitrogens with zero attached hydrogens (tertiary/aromatic N) is 1. The average Bonchev–Trinajstić information content (AvgIpc) is 2.86. The van der Waals surface area contributed by atoms with Crippen LogP contribution in [-0.4, -0.2) is 36.2 Å². The summed E-state index contributed by atoms with van der Waals surface area (Å²) < 4.78 is 0.867. The van der Waals surface area contributed by atoms with Crippen molar-refractivity contribution in [3.05, 3.63) is 24.6 Å². The van der Waals surface area contributed by atoms with Crippen LogP contribution in [0.3, 0.4) is 0 Å². The number of hydrogen-bond donors (Lipinski definition) is 2. The van der Waals surface area contributed by atoms with Gasteiger partial charge >= 0.3 is 0 Å². The molecule has 4 heteroatoms. The number of amides is 1. The number of likely N-dealkylation sites (N-methyl/N-ethyl adjacent to an activating group) is 1. The van der Waals surface area contributed by atoms with Gasteiger partial charge in [-0.3, -0.25) is 9.28 Å². The van der Waals surface area contributed by atoms with Crippen LogP contribution in [0.15, 0.2) is 24.6 Å². The first kappa shape index (κ1) is 17.8. The zero-order chi connectivity index (χ0) is 15.6. The summed E-state index contributed by atoms with van der Waals surface area (Å²) in [5.74, 6) is 0.0448. The molecular weight excluding hydrogens is 262 g/mol. The normalized spacial score (nSPS) is 24.4. The quantitative estimate of drug-likeness (QED) is 0.369. The Bertz CT molecular complexity index is 365. The van der Waals surface area contributed by atoms with Crippen molar-refractivity contribution in [1.82, 2.24) is 10.6 Å². The molecule has 0 saturated carbocycles. The summed E-state index contributed by atoms with van der Waals surface area (Å²) in [5, 5.41) is 6.33. The van der Waals surface area contributed by atoms with E-state index in [0.717, 1.165) is 30.5 Å². The van der Waals surface area contributed by atoms with E-state index in [4.69, 9.17) is 0 Å². The van der Waals surface area contributed by atoms with Gasteiger partial charge in [0.05, 0.1) is 19.3 Å². The Morgan fingerprint density at radius 2 is 2.14 bits per heavy atom. The molecule has 4 nitrogen and oxygen atoms in total. The fourth-order valence-electron chi connectivity index (χ4n) is 2.79. The van der Waals surface area contributed by atoms with Crippen molar-refractivity contribution in [3.8, 4) is 0 Å². The van der Waals surface area contributed by atoms with E-state index in [1.54, 1.807) is 6.92 Å². The summed E-state index contributed by atoms with van der Waals surface area (Å²) in [5.41, 5.74) is 0. The van der Waals surface area contributed by atoms with Gasteiger partial charge in [-0.1, -0.05) is 32.3 Å². The number of carbonyl (C=O) groups excluding carboxylic acids is 1. The number of allylic oxidation sites excluding steroid dienone is 1. The largest absolute Gasteiger partial charge is 0.351 e. The highest BCUT2D eigenvalue weighted by Gasteiger charge is 2.34. The highest BCUT2D eigenvalue weighted by molar-refractivity contribution is 5.72. The van der Waals surface area contributed by atoms with Crippen LogP contribution in [0, 0.1) is 0 Å². The van der Waals surface area contributed by atoms with Gasteiger partial charge in [-0.05, 0) is 25.8 Å². The van der Waals surface area contributed by atoms with E-state index in [-0.39, 0.29) is 5.91 Å². The van der Waals surface area contributed by atoms with Crippen molar-refractivity contribution in [2.24, 2.45) is 0 Å². The van der Waals surface area contributed by atoms with E-state index in [9.17, 15) is 4.79 Å². The first-order chi connectivity index (χ1) is 10.1. The molecule has 0 radical (unpaired) electrons. The molecule has 2 unspecified atom stereocenters. The minimum atomic E-state index is 0.0448. The smallest absolute Gasteiger partial charge is 0.217 e. The Hall–Kier alpha value is -1.29. The summed E-state index contributed by atoms with van der Waals surface area (Å²) in [4.78, 5) is 11.0. The summed E-state index contributed by atoms with van der Waals surface area (Å²) in [6.07, 6.45) is 15.6. The van der Waals surface area contributed by atoms with Crippen molar-refractivity contribution in [2.75, 3.05) is 19.6 Å². The maximum absolute atomic E-state index is 11.0. The first-order valence-corrected chi connectivity index (χ1v) is 8.36. The number of rotatable bonds is 10. The predicted molar refractivity (Wildman–Crippen MR) is 88.3 cm³/mol. The fourth-order valence-corrected chi connectivity index (χ4v) is 2.79. The summed E-state index contributed by atoms with van der Waals surface area (Å²) in [7, 11) is 0. The lowest BCUT2D eigenvalue weighted by molar-refractivity contribution is -0.891. The van der Waals surface area contributed by atoms with Gasteiger partial charge < -0.3 is 10.6 Å². The molecule has 1 rings (SSSR count). The Kier molecular flexibility index (Phi) is 8.13. The molecule has 1 heterocycles. The molecule has 120 valence electrons. The Balaban J connectivity index is 2.44. The van der Waals surface area contributed by atoms with Crippen molar-refractivity contribution >= 4 is 5.91 Å². The van der Waals surface area contributed by atoms with Gasteiger partial charge in [-0.2, -0.15) is 0 Å². The standard InChI is InChI=1S/C17H31N3O/c1-4-6-7-8-9-10-11-17-19-13-15-20(17,5-2)14-12-18-16(3)21/h10-11,13,15,17,19H,4-9,12,14H2,1-3H3/p+1/b11-10+. The Labute approximate surface area is 129 Å². The molecule has 2 atom stereocenters. The number of nitrogens with one attached hydrogen (secondary N) is 2. The molecule has 2 N–H and O–H groups in total. The lowest BCUT2D eigenvalue weighted by Gasteiger charge is -2.35. The molecule has 1 aliphatic heterocycles. The van der Waals surface area contributed by atoms with E-state index in [1.807, 2.05) is 6.20 Å². The maximum atomic E-state index is 11.0. The first-order valence-electron chi connectivity index (χ1n) is 8.36. The van der Waals surface area contributed by atoms with Crippen molar-refractivity contribution in [2.45, 2.75) is 59.0 Å². The van der Waals surface area contributed by atoms with Gasteiger partial charge in [0.25, 0.3) is 0 Å². The Morgan fingerprint density at radius 3 is 2.81 bits per heavy atom. The number of hydrogen-bond acceptors (Lipinski definition) is 2. The molecule has 1 aliphatic rings. The zero-order valence-electron chi connectivity index (χ0n) is 13.9. The lowest BCUT2D eigenvalue weighted by atomic mass is 10.1. The second-order valence-corrected chi connectivity index (χ2v) is 5.83. The van der Waals surface area contributed by atoms with Crippen molar-refractivity contribution < 1.29 is 9.28 Å². The molecule has 0 bridgehead atoms. The van der Waals surface area contributed by atoms with Gasteiger partial charge in [0.2, 0.25) is 5.91 Å². The topological polar surface area (TPSA) is 41.1 Å². The molecule has 21 heavy (non-hydrogen) atoms. The van der Waals surface area contributed by atoms with Crippen LogP contribution in [-0.2, 0) is 4.79 Å². The molecule has 0 fully saturated rings. The van der Waals surface area contributed by atoms with Gasteiger partial charge in [0.15, 0.2) is 6.17 Å². The van der Waals surface area contributed by atoms with Crippen LogP contribution in [0.5, 0.6) is 0 Å². The average molecular weight is 294 g/mol. The third-order valence-electron chi connectivity index (χ3n) is 4.23. The summed E-state index contributed by atoms with van der Waals surface area (Å²) in [6, 6.07) is 0. The Morgan fingerprint density at radius 1 is 1.33 bits per heavy atom. The molecule has 0 spiro atoms. The molecule has 0 aliphatic carbocycles. The zero-order valence-corrected chi connectivity index (χ0v) is 13.9. The van der Waals surface area contributed by atoms with E-state index in [0.29, 0.717) is 6.17 Å². The predicted octanol–water partition coefficient (Wildman–Crippen LogP) is 2.89. The van der Waals surface area contributed by atoms with E-state index in [2.05, 4.69) is 42.8 Å². The van der Waals surface area contributed by atoms with Gasteiger partial charge in [0.1, 0.15) is 12.7 Å². The van der Waals surface area contributed by atoms with Crippen LogP contribution in [0.4, 0.5) is 0 Å². The van der Waals surface area contributed by atoms with Crippen LogP contribution in [0.2, 0.25) is 0 Å². The van der Waals surface area contributed by atoms with E-state index < -0.39 is 0 Å². The highest BCUT2D eigenvalue weighted by atomic mass is 16.1. The highest BCUT2D eigenvalue weighted by Crippen LogP contribution is 2.19. The lowest BCUT2D eigenvalue weighted by Crippen LogP contribution is -2.54. The minimum Gasteiger partial charge on any atom is -0.351 e. The second kappa shape index (κ2) is 9.61. The van der Waals surface area contributed by atoms with Crippen LogP contribution in [0.25, 0.3) is 0 Å². The third kappa shape index (κ3) is 5.92. The maximum Gasteiger partial charge on any atom is 0.217 e. The third-order valence-corrected chi connectivity index (χ3v) is 4.23. The number of quaternary nitrogens is 1. The van der Waals surface area contributed by atoms with Gasteiger partial charge in [-0.15, -0.1) is 0 Å². The number of carbonyl (C=O) groups is 1. The molecular formula is C17H32N3O+. The van der Waals surface area contributed by atoms with Gasteiger partial charge in [0, 0.05) is 6.92 Å². The van der Waals surface area contributed by atoms with Gasteiger partial charge in [-0.25, -0.2) is 0 Å². The molecule has 0 aromatic carbocycles. The molecule has 0 saturated heterocycles. The molecule has 0 aromatic heterocycles. The number of unbranched alkanes of at least 4 members (excludes halogenated alkanes) is 4. The fraction of sp³-hybridized carbons (Fsp3) is 0.706. The monoisotopic (exact) mass is 294 g/mol. The summed E-state index contributed by atoms with van der Waals surface area (Å²) >= 11 is 0.